The van der Waals surface area contributed by atoms with Gasteiger partial charge in [0.1, 0.15) is 11.9 Å². The smallest absolute Gasteiger partial charge is 0.257 e. The molecule has 0 saturated heterocycles. The van der Waals surface area contributed by atoms with E-state index in [2.05, 4.69) is 44.8 Å². The number of amides is 1. The second-order valence-corrected chi connectivity index (χ2v) is 9.13. The van der Waals surface area contributed by atoms with Crippen LogP contribution in [0.15, 0.2) is 54.0 Å². The molecule has 6 nitrogen and oxygen atoms in total. The van der Waals surface area contributed by atoms with E-state index in [-0.39, 0.29) is 25.5 Å². The van der Waals surface area contributed by atoms with E-state index in [1.54, 1.807) is 17.5 Å². The molecule has 0 unspecified atom stereocenters. The van der Waals surface area contributed by atoms with Crippen molar-refractivity contribution >= 4 is 36.4 Å². The Balaban J connectivity index is 0.00000306. The summed E-state index contributed by atoms with van der Waals surface area (Å²) >= 11 is 1.72. The third kappa shape index (κ3) is 6.07. The first kappa shape index (κ1) is 25.1. The minimum Gasteiger partial charge on any atom is -0.485 e. The highest BCUT2D eigenvalue weighted by Crippen LogP contribution is 2.29. The van der Waals surface area contributed by atoms with Crippen molar-refractivity contribution in [3.63, 3.8) is 0 Å². The topological polar surface area (TPSA) is 57.7 Å². The largest absolute Gasteiger partial charge is 0.485 e. The van der Waals surface area contributed by atoms with Gasteiger partial charge in [0.25, 0.3) is 5.91 Å². The second-order valence-electron chi connectivity index (χ2n) is 8.15. The standard InChI is InChI=1S/C25H30N4O2S.H2S/c1-18-15-22-21(16-27-18)25(30)29(13-12-28(22)3)17-19-6-8-20(9-7-19)31-23(10-11-26-2)24-5-4-14-32-24;/h4-9,14-16,23,26H,10-13,17H2,1-3H3;1H2/t23-;/m0./s1. The van der Waals surface area contributed by atoms with Crippen molar-refractivity contribution in [1.29, 1.82) is 0 Å². The number of likely N-dealkylation sites (N-methyl/N-ethyl adjacent to an activating group) is 1. The average molecular weight is 485 g/mol. The van der Waals surface area contributed by atoms with Gasteiger partial charge in [-0.15, -0.1) is 11.3 Å². The minimum absolute atomic E-state index is 0. The molecule has 2 aromatic heterocycles. The van der Waals surface area contributed by atoms with Crippen LogP contribution in [0.1, 0.15) is 39.0 Å². The molecule has 33 heavy (non-hydrogen) atoms. The Morgan fingerprint density at radius 1 is 1.21 bits per heavy atom. The molecule has 176 valence electrons. The number of ether oxygens (including phenoxy) is 1. The number of benzene rings is 1. The van der Waals surface area contributed by atoms with Crippen molar-refractivity contribution in [1.82, 2.24) is 15.2 Å². The Bertz CT molecular complexity index is 1040. The lowest BCUT2D eigenvalue weighted by Crippen LogP contribution is -2.33. The van der Waals surface area contributed by atoms with Crippen molar-refractivity contribution in [2.45, 2.75) is 26.0 Å². The van der Waals surface area contributed by atoms with Crippen molar-refractivity contribution < 1.29 is 9.53 Å². The fraction of sp³-hybridized carbons (Fsp3) is 0.360. The molecule has 0 spiro atoms. The Labute approximate surface area is 207 Å². The average Bonchev–Trinajstić information content (AvgIpc) is 3.31. The van der Waals surface area contributed by atoms with E-state index in [4.69, 9.17) is 4.74 Å². The van der Waals surface area contributed by atoms with Gasteiger partial charge in [0.2, 0.25) is 0 Å². The minimum atomic E-state index is 0. The van der Waals surface area contributed by atoms with Crippen LogP contribution in [0.3, 0.4) is 0 Å². The predicted molar refractivity (Wildman–Crippen MR) is 140 cm³/mol. The van der Waals surface area contributed by atoms with Gasteiger partial charge in [-0.25, -0.2) is 0 Å². The summed E-state index contributed by atoms with van der Waals surface area (Å²) in [5.41, 5.74) is 3.62. The van der Waals surface area contributed by atoms with E-state index in [1.807, 2.05) is 44.1 Å². The van der Waals surface area contributed by atoms with Gasteiger partial charge in [-0.1, -0.05) is 18.2 Å². The number of hydrogen-bond donors (Lipinski definition) is 1. The molecule has 0 aliphatic carbocycles. The molecular weight excluding hydrogens is 452 g/mol. The molecule has 0 bridgehead atoms. The van der Waals surface area contributed by atoms with E-state index < -0.39 is 0 Å². The number of rotatable bonds is 8. The van der Waals surface area contributed by atoms with Crippen LogP contribution in [0, 0.1) is 6.92 Å². The fourth-order valence-electron chi connectivity index (χ4n) is 3.91. The number of nitrogens with zero attached hydrogens (tertiary/aromatic N) is 3. The van der Waals surface area contributed by atoms with E-state index in [9.17, 15) is 4.79 Å². The number of aromatic nitrogens is 1. The van der Waals surface area contributed by atoms with E-state index in [1.165, 1.54) is 4.88 Å². The number of fused-ring (bicyclic) bond motifs is 1. The molecule has 1 aliphatic heterocycles. The highest BCUT2D eigenvalue weighted by molar-refractivity contribution is 7.59. The van der Waals surface area contributed by atoms with Gasteiger partial charge in [-0.05, 0) is 55.7 Å². The molecule has 3 aromatic rings. The zero-order valence-electron chi connectivity index (χ0n) is 19.4. The first-order valence-corrected chi connectivity index (χ1v) is 11.8. The molecule has 3 heterocycles. The normalized spacial score (nSPS) is 14.3. The highest BCUT2D eigenvalue weighted by atomic mass is 32.1. The number of carbonyl (C=O) groups excluding carboxylic acids is 1. The van der Waals surface area contributed by atoms with E-state index in [0.29, 0.717) is 18.7 Å². The van der Waals surface area contributed by atoms with Crippen molar-refractivity contribution in [2.24, 2.45) is 0 Å². The van der Waals surface area contributed by atoms with Gasteiger partial charge in [0, 0.05) is 49.9 Å². The first-order valence-electron chi connectivity index (χ1n) is 11.0. The van der Waals surface area contributed by atoms with Gasteiger partial charge in [0.15, 0.2) is 0 Å². The third-order valence-corrected chi connectivity index (χ3v) is 6.71. The zero-order chi connectivity index (χ0) is 22.5. The van der Waals surface area contributed by atoms with Gasteiger partial charge in [0.05, 0.1) is 11.3 Å². The van der Waals surface area contributed by atoms with Crippen LogP contribution >= 0.6 is 24.8 Å². The van der Waals surface area contributed by atoms with Crippen LogP contribution in [-0.4, -0.2) is 49.5 Å². The van der Waals surface area contributed by atoms with E-state index >= 15 is 0 Å². The Morgan fingerprint density at radius 2 is 2.00 bits per heavy atom. The molecule has 1 atom stereocenters. The molecule has 0 saturated carbocycles. The molecular formula is C25H32N4O2S2. The van der Waals surface area contributed by atoms with E-state index in [0.717, 1.165) is 42.2 Å². The summed E-state index contributed by atoms with van der Waals surface area (Å²) in [6, 6.07) is 14.3. The lowest BCUT2D eigenvalue weighted by molar-refractivity contribution is 0.0754. The molecule has 8 heteroatoms. The first-order chi connectivity index (χ1) is 15.5. The lowest BCUT2D eigenvalue weighted by Gasteiger charge is -2.22. The number of carbonyl (C=O) groups is 1. The van der Waals surface area contributed by atoms with Gasteiger partial charge < -0.3 is 19.9 Å². The quantitative estimate of drug-likeness (QED) is 0.514. The Morgan fingerprint density at radius 3 is 2.70 bits per heavy atom. The summed E-state index contributed by atoms with van der Waals surface area (Å²) in [6.45, 7) is 4.87. The molecule has 4 rings (SSSR count). The molecule has 1 aromatic carbocycles. The van der Waals surface area contributed by atoms with Gasteiger partial charge in [-0.2, -0.15) is 13.5 Å². The number of thiophene rings is 1. The fourth-order valence-corrected chi connectivity index (χ4v) is 4.70. The molecule has 0 fully saturated rings. The maximum absolute atomic E-state index is 13.2. The zero-order valence-corrected chi connectivity index (χ0v) is 21.2. The number of pyridine rings is 1. The molecule has 1 amide bonds. The van der Waals surface area contributed by atoms with Gasteiger partial charge in [-0.3, -0.25) is 9.78 Å². The molecule has 1 aliphatic rings. The van der Waals surface area contributed by atoms with Crippen LogP contribution in [0.5, 0.6) is 5.75 Å². The maximum atomic E-state index is 13.2. The Hall–Kier alpha value is -2.55. The van der Waals surface area contributed by atoms with Crippen molar-refractivity contribution in [3.05, 3.63) is 75.7 Å². The summed E-state index contributed by atoms with van der Waals surface area (Å²) in [7, 11) is 3.98. The van der Waals surface area contributed by atoms with Crippen LogP contribution in [0.4, 0.5) is 5.69 Å². The lowest BCUT2D eigenvalue weighted by atomic mass is 10.1. The third-order valence-electron chi connectivity index (χ3n) is 5.75. The summed E-state index contributed by atoms with van der Waals surface area (Å²) in [4.78, 5) is 22.8. The number of anilines is 1. The summed E-state index contributed by atoms with van der Waals surface area (Å²) in [5, 5.41) is 5.28. The SMILES string of the molecule is CNCC[C@H](Oc1ccc(CN2CCN(C)c3cc(C)ncc3C2=O)cc1)c1cccs1.S. The van der Waals surface area contributed by atoms with Crippen LogP contribution in [0.2, 0.25) is 0 Å². The number of nitrogens with one attached hydrogen (secondary N) is 1. The summed E-state index contributed by atoms with van der Waals surface area (Å²) in [6.07, 6.45) is 2.64. The maximum Gasteiger partial charge on any atom is 0.257 e. The summed E-state index contributed by atoms with van der Waals surface area (Å²) in [5.74, 6) is 0.872. The summed E-state index contributed by atoms with van der Waals surface area (Å²) < 4.78 is 6.29. The highest BCUT2D eigenvalue weighted by Gasteiger charge is 2.25. The molecule has 1 N–H and O–H groups in total. The monoisotopic (exact) mass is 484 g/mol. The second kappa shape index (κ2) is 11.5. The van der Waals surface area contributed by atoms with Crippen molar-refractivity contribution in [2.75, 3.05) is 38.6 Å². The van der Waals surface area contributed by atoms with Crippen molar-refractivity contribution in [3.8, 4) is 5.75 Å². The van der Waals surface area contributed by atoms with Crippen LogP contribution in [-0.2, 0) is 6.54 Å². The predicted octanol–water partition coefficient (Wildman–Crippen LogP) is 4.39. The number of hydrogen-bond acceptors (Lipinski definition) is 6. The van der Waals surface area contributed by atoms with Crippen LogP contribution < -0.4 is 15.0 Å². The van der Waals surface area contributed by atoms with Crippen LogP contribution in [0.25, 0.3) is 0 Å². The molecule has 0 radical (unpaired) electrons. The Kier molecular flexibility index (Phi) is 8.77. The number of aryl methyl sites for hydroxylation is 1. The van der Waals surface area contributed by atoms with Gasteiger partial charge >= 0.3 is 0 Å².